The predicted molar refractivity (Wildman–Crippen MR) is 215 cm³/mol. The van der Waals surface area contributed by atoms with Crippen LogP contribution in [0.1, 0.15) is 11.1 Å². The van der Waals surface area contributed by atoms with Gasteiger partial charge in [-0.1, -0.05) is 146 Å². The number of anilines is 1. The Morgan fingerprint density at radius 3 is 1.62 bits per heavy atom. The molecule has 0 amide bonds. The third-order valence-corrected chi connectivity index (χ3v) is 9.03. The number of nitrogens with two attached hydrogens (primary N) is 2. The Bertz CT molecular complexity index is 2250. The Morgan fingerprint density at radius 2 is 1.04 bits per heavy atom. The van der Waals surface area contributed by atoms with E-state index in [9.17, 15) is 0 Å². The molecule has 1 aliphatic carbocycles. The molecule has 0 aliphatic heterocycles. The minimum absolute atomic E-state index is 0.509. The lowest BCUT2D eigenvalue weighted by Gasteiger charge is -2.10. The number of rotatable bonds is 4. The molecule has 0 fully saturated rings. The van der Waals surface area contributed by atoms with E-state index in [1.54, 1.807) is 12.1 Å². The fourth-order valence-corrected chi connectivity index (χ4v) is 6.41. The molecule has 6 N–H and O–H groups in total. The lowest BCUT2D eigenvalue weighted by molar-refractivity contribution is 0.426. The highest BCUT2D eigenvalue weighted by molar-refractivity contribution is 9.10. The lowest BCUT2D eigenvalue weighted by Crippen LogP contribution is -2.29. The van der Waals surface area contributed by atoms with Crippen LogP contribution in [0.15, 0.2) is 174 Å². The Labute approximate surface area is 302 Å². The van der Waals surface area contributed by atoms with Gasteiger partial charge in [-0.3, -0.25) is 0 Å². The van der Waals surface area contributed by atoms with Crippen molar-refractivity contribution in [2.45, 2.75) is 0 Å². The Morgan fingerprint density at radius 1 is 0.520 bits per heavy atom. The third kappa shape index (κ3) is 8.10. The number of nitrogen functional groups attached to an aromatic ring is 1. The van der Waals surface area contributed by atoms with Crippen LogP contribution in [0.2, 0.25) is 0 Å². The first-order valence-corrected chi connectivity index (χ1v) is 17.0. The van der Waals surface area contributed by atoms with Crippen molar-refractivity contribution in [2.75, 3.05) is 5.73 Å². The first-order chi connectivity index (χ1) is 24.4. The SMILES string of the molecule is NC1=[C+]C=Cc2cccc(Br)c21.Nc1cccc2cccc(-c3ccc(-c4ccccc4)cc3)c12.OB(O)c1ccc(-c2ccccc2)cc1. The van der Waals surface area contributed by atoms with Gasteiger partial charge in [0, 0.05) is 11.1 Å². The molecule has 0 spiro atoms. The van der Waals surface area contributed by atoms with Crippen molar-refractivity contribution in [3.8, 4) is 33.4 Å². The van der Waals surface area contributed by atoms with Crippen LogP contribution in [-0.2, 0) is 0 Å². The molecular formula is C44H35BBrN2O2+. The zero-order valence-electron chi connectivity index (χ0n) is 27.2. The first kappa shape index (κ1) is 34.1. The summed E-state index contributed by atoms with van der Waals surface area (Å²) in [5, 5.41) is 20.2. The number of fused-ring (bicyclic) bond motifs is 2. The molecule has 0 radical (unpaired) electrons. The molecular weight excluding hydrogens is 679 g/mol. The summed E-state index contributed by atoms with van der Waals surface area (Å²) in [5.41, 5.74) is 23.2. The normalized spacial score (nSPS) is 11.1. The zero-order valence-corrected chi connectivity index (χ0v) is 28.8. The van der Waals surface area contributed by atoms with Gasteiger partial charge in [0.2, 0.25) is 5.70 Å². The molecule has 8 rings (SSSR count). The highest BCUT2D eigenvalue weighted by atomic mass is 79.9. The molecule has 50 heavy (non-hydrogen) atoms. The molecule has 242 valence electrons. The van der Waals surface area contributed by atoms with E-state index in [0.29, 0.717) is 11.2 Å². The minimum Gasteiger partial charge on any atom is -0.423 e. The molecule has 0 saturated heterocycles. The Kier molecular flexibility index (Phi) is 11.0. The summed E-state index contributed by atoms with van der Waals surface area (Å²) in [6, 6.07) is 54.6. The first-order valence-electron chi connectivity index (χ1n) is 16.2. The second kappa shape index (κ2) is 16.1. The van der Waals surface area contributed by atoms with Crippen molar-refractivity contribution in [2.24, 2.45) is 5.73 Å². The minimum atomic E-state index is -1.39. The number of hydrogen-bond acceptors (Lipinski definition) is 4. The van der Waals surface area contributed by atoms with Gasteiger partial charge in [-0.2, -0.15) is 0 Å². The highest BCUT2D eigenvalue weighted by Crippen LogP contribution is 2.34. The van der Waals surface area contributed by atoms with Crippen LogP contribution in [0.25, 0.3) is 55.9 Å². The second-order valence-corrected chi connectivity index (χ2v) is 12.5. The fraction of sp³-hybridized carbons (Fsp3) is 0. The molecule has 0 saturated carbocycles. The molecule has 7 aromatic carbocycles. The molecule has 0 unspecified atom stereocenters. The van der Waals surface area contributed by atoms with Crippen molar-refractivity contribution in [3.63, 3.8) is 0 Å². The van der Waals surface area contributed by atoms with E-state index in [-0.39, 0.29) is 0 Å². The summed E-state index contributed by atoms with van der Waals surface area (Å²) in [6.45, 7) is 0. The van der Waals surface area contributed by atoms with Gasteiger partial charge in [0.05, 0.1) is 22.2 Å². The lowest BCUT2D eigenvalue weighted by atomic mass is 9.80. The van der Waals surface area contributed by atoms with Gasteiger partial charge in [-0.15, -0.1) is 0 Å². The number of allylic oxidation sites excluding steroid dienone is 2. The van der Waals surface area contributed by atoms with E-state index in [4.69, 9.17) is 21.5 Å². The molecule has 6 heteroatoms. The van der Waals surface area contributed by atoms with E-state index in [0.717, 1.165) is 37.8 Å². The average Bonchev–Trinajstić information content (AvgIpc) is 3.16. The summed E-state index contributed by atoms with van der Waals surface area (Å²) in [5.74, 6) is 0. The van der Waals surface area contributed by atoms with E-state index < -0.39 is 7.12 Å². The van der Waals surface area contributed by atoms with Gasteiger partial charge in [-0.25, -0.2) is 0 Å². The number of hydrogen-bond donors (Lipinski definition) is 4. The average molecular weight is 714 g/mol. The van der Waals surface area contributed by atoms with Crippen LogP contribution in [0.5, 0.6) is 0 Å². The van der Waals surface area contributed by atoms with Gasteiger partial charge >= 0.3 is 7.12 Å². The molecule has 4 nitrogen and oxygen atoms in total. The summed E-state index contributed by atoms with van der Waals surface area (Å²) in [7, 11) is -1.39. The summed E-state index contributed by atoms with van der Waals surface area (Å²) < 4.78 is 1.02. The third-order valence-electron chi connectivity index (χ3n) is 8.37. The number of benzene rings is 7. The maximum Gasteiger partial charge on any atom is 0.488 e. The van der Waals surface area contributed by atoms with Gasteiger partial charge in [0.1, 0.15) is 11.6 Å². The van der Waals surface area contributed by atoms with Crippen LogP contribution < -0.4 is 16.9 Å². The quantitative estimate of drug-likeness (QED) is 0.0831. The molecule has 0 heterocycles. The maximum atomic E-state index is 8.94. The van der Waals surface area contributed by atoms with Crippen LogP contribution in [-0.4, -0.2) is 17.2 Å². The molecule has 1 aliphatic rings. The van der Waals surface area contributed by atoms with E-state index in [1.807, 2.05) is 91.0 Å². The fourth-order valence-electron chi connectivity index (χ4n) is 5.82. The molecule has 7 aromatic rings. The Balaban J connectivity index is 0.000000138. The molecule has 0 atom stereocenters. The second-order valence-electron chi connectivity index (χ2n) is 11.7. The summed E-state index contributed by atoms with van der Waals surface area (Å²) in [6.07, 6.45) is 6.80. The maximum absolute atomic E-state index is 8.94. The van der Waals surface area contributed by atoms with Crippen LogP contribution in [0.4, 0.5) is 5.69 Å². The van der Waals surface area contributed by atoms with E-state index in [1.165, 1.54) is 27.6 Å². The highest BCUT2D eigenvalue weighted by Gasteiger charge is 2.19. The molecule has 0 aromatic heterocycles. The van der Waals surface area contributed by atoms with Crippen molar-refractivity contribution < 1.29 is 10.0 Å². The van der Waals surface area contributed by atoms with Crippen LogP contribution in [0.3, 0.4) is 0 Å². The van der Waals surface area contributed by atoms with Crippen LogP contribution in [0, 0.1) is 6.08 Å². The summed E-state index contributed by atoms with van der Waals surface area (Å²) >= 11 is 3.45. The largest absolute Gasteiger partial charge is 0.488 e. The predicted octanol–water partition coefficient (Wildman–Crippen LogP) is 9.37. The van der Waals surface area contributed by atoms with Crippen molar-refractivity contribution in [3.05, 3.63) is 192 Å². The topological polar surface area (TPSA) is 92.5 Å². The van der Waals surface area contributed by atoms with Crippen LogP contribution >= 0.6 is 15.9 Å². The van der Waals surface area contributed by atoms with E-state index in [2.05, 4.69) is 94.8 Å². The monoisotopic (exact) mass is 713 g/mol. The van der Waals surface area contributed by atoms with Gasteiger partial charge in [-0.05, 0) is 78.4 Å². The molecule has 0 bridgehead atoms. The van der Waals surface area contributed by atoms with Gasteiger partial charge < -0.3 is 21.5 Å². The standard InChI is InChI=1S/C22H17N.C12H11BO2.C10H7BrN/c23-21-11-5-9-19-8-4-10-20(22(19)21)18-14-12-17(13-15-18)16-6-2-1-3-7-16;14-13(15)12-8-6-11(7-9-12)10-4-2-1-3-5-10;11-8-5-1-3-7-4-2-6-9(12)10(7)8/h1-15H,23H2;1-9,14-15H;1-5H,12H2/q;;+1. The zero-order chi connectivity index (χ0) is 34.9. The van der Waals surface area contributed by atoms with Crippen molar-refractivity contribution >= 4 is 56.7 Å². The van der Waals surface area contributed by atoms with E-state index >= 15 is 0 Å². The van der Waals surface area contributed by atoms with Gasteiger partial charge in [0.15, 0.2) is 0 Å². The number of halogens is 1. The van der Waals surface area contributed by atoms with Crippen molar-refractivity contribution in [1.82, 2.24) is 0 Å². The smallest absolute Gasteiger partial charge is 0.423 e. The van der Waals surface area contributed by atoms with Crippen molar-refractivity contribution in [1.29, 1.82) is 0 Å². The summed E-state index contributed by atoms with van der Waals surface area (Å²) in [4.78, 5) is 0. The van der Waals surface area contributed by atoms with Gasteiger partial charge in [0.25, 0.3) is 0 Å². The Hall–Kier alpha value is -5.75.